The van der Waals surface area contributed by atoms with Gasteiger partial charge in [-0.3, -0.25) is 5.10 Å². The number of aromatic nitrogens is 2. The van der Waals surface area contributed by atoms with Crippen molar-refractivity contribution in [3.63, 3.8) is 0 Å². The number of anilines is 1. The lowest BCUT2D eigenvalue weighted by molar-refractivity contribution is 0.284. The van der Waals surface area contributed by atoms with E-state index in [0.717, 1.165) is 45.9 Å². The topological polar surface area (TPSA) is 50.4 Å². The van der Waals surface area contributed by atoms with Crippen molar-refractivity contribution in [2.24, 2.45) is 0 Å². The van der Waals surface area contributed by atoms with Gasteiger partial charge < -0.3 is 14.4 Å². The molecule has 2 aromatic carbocycles. The van der Waals surface area contributed by atoms with Gasteiger partial charge in [0, 0.05) is 29.0 Å². The lowest BCUT2D eigenvalue weighted by atomic mass is 9.86. The average Bonchev–Trinajstić information content (AvgIpc) is 3.22. The number of ether oxygens (including phenoxy) is 2. The predicted molar refractivity (Wildman–Crippen MR) is 113 cm³/mol. The van der Waals surface area contributed by atoms with Crippen molar-refractivity contribution in [3.8, 4) is 22.8 Å². The standard InChI is InChI=1S/C22H22BrN3O2/c1-27-19-12-16(4-7-18(19)28-13-14-2-5-17(23)6-3-14)21-22-20(24-25-21)15-8-10-26(22)11-9-15/h2-7,12,15H,8-11,13H2,1H3,(H,24,25). The molecule has 0 unspecified atom stereocenters. The van der Waals surface area contributed by atoms with E-state index in [2.05, 4.69) is 37.1 Å². The van der Waals surface area contributed by atoms with Crippen LogP contribution in [0.25, 0.3) is 11.3 Å². The Balaban J connectivity index is 1.41. The molecule has 0 saturated carbocycles. The molecule has 6 rings (SSSR count). The molecule has 1 fully saturated rings. The molecule has 0 spiro atoms. The largest absolute Gasteiger partial charge is 0.493 e. The van der Waals surface area contributed by atoms with Crippen LogP contribution in [0.4, 0.5) is 5.69 Å². The summed E-state index contributed by atoms with van der Waals surface area (Å²) in [4.78, 5) is 2.46. The minimum absolute atomic E-state index is 0.496. The Labute approximate surface area is 172 Å². The second-order valence-electron chi connectivity index (χ2n) is 7.38. The van der Waals surface area contributed by atoms with Gasteiger partial charge in [0.15, 0.2) is 11.5 Å². The normalized spacial score (nSPS) is 15.6. The highest BCUT2D eigenvalue weighted by molar-refractivity contribution is 9.10. The number of fused-ring (bicyclic) bond motifs is 2. The third-order valence-electron chi connectivity index (χ3n) is 5.73. The monoisotopic (exact) mass is 439 g/mol. The smallest absolute Gasteiger partial charge is 0.161 e. The molecule has 3 aromatic rings. The Bertz CT molecular complexity index is 992. The Morgan fingerprint density at radius 2 is 1.89 bits per heavy atom. The average molecular weight is 440 g/mol. The van der Waals surface area contributed by atoms with Crippen LogP contribution in [0.15, 0.2) is 46.9 Å². The van der Waals surface area contributed by atoms with E-state index >= 15 is 0 Å². The lowest BCUT2D eigenvalue weighted by Gasteiger charge is -2.40. The third kappa shape index (κ3) is 3.05. The lowest BCUT2D eigenvalue weighted by Crippen LogP contribution is -2.38. The summed E-state index contributed by atoms with van der Waals surface area (Å²) in [5.74, 6) is 2.08. The molecule has 0 aliphatic carbocycles. The zero-order valence-corrected chi connectivity index (χ0v) is 17.3. The molecule has 1 N–H and O–H groups in total. The number of H-pyrrole nitrogens is 1. The van der Waals surface area contributed by atoms with Gasteiger partial charge in [0.1, 0.15) is 12.3 Å². The quantitative estimate of drug-likeness (QED) is 0.598. The first-order valence-electron chi connectivity index (χ1n) is 9.62. The molecular formula is C22H22BrN3O2. The second kappa shape index (κ2) is 7.17. The van der Waals surface area contributed by atoms with Crippen LogP contribution in [0, 0.1) is 0 Å². The van der Waals surface area contributed by atoms with Gasteiger partial charge in [0.05, 0.1) is 18.5 Å². The number of halogens is 1. The highest BCUT2D eigenvalue weighted by Crippen LogP contribution is 2.46. The number of nitrogens with zero attached hydrogens (tertiary/aromatic N) is 2. The van der Waals surface area contributed by atoms with Crippen molar-refractivity contribution in [2.75, 3.05) is 25.1 Å². The highest BCUT2D eigenvalue weighted by Gasteiger charge is 2.35. The molecule has 0 amide bonds. The van der Waals surface area contributed by atoms with Crippen LogP contribution in [0.3, 0.4) is 0 Å². The number of nitrogens with one attached hydrogen (secondary N) is 1. The number of rotatable bonds is 5. The zero-order valence-electron chi connectivity index (χ0n) is 15.7. The van der Waals surface area contributed by atoms with Crippen LogP contribution in [0.2, 0.25) is 0 Å². The molecule has 6 heteroatoms. The number of hydrogen-bond donors (Lipinski definition) is 1. The minimum Gasteiger partial charge on any atom is -0.493 e. The summed E-state index contributed by atoms with van der Waals surface area (Å²) >= 11 is 3.46. The van der Waals surface area contributed by atoms with E-state index in [1.807, 2.05) is 36.4 Å². The van der Waals surface area contributed by atoms with Crippen molar-refractivity contribution in [1.82, 2.24) is 10.2 Å². The van der Waals surface area contributed by atoms with Crippen LogP contribution in [0.5, 0.6) is 11.5 Å². The zero-order chi connectivity index (χ0) is 19.1. The molecule has 0 radical (unpaired) electrons. The maximum atomic E-state index is 6.01. The molecule has 3 aliphatic heterocycles. The second-order valence-corrected chi connectivity index (χ2v) is 8.29. The summed E-state index contributed by atoms with van der Waals surface area (Å²) in [6, 6.07) is 14.2. The molecule has 144 valence electrons. The van der Waals surface area contributed by atoms with Gasteiger partial charge in [-0.25, -0.2) is 0 Å². The van der Waals surface area contributed by atoms with Crippen molar-refractivity contribution < 1.29 is 9.47 Å². The SMILES string of the molecule is COc1cc(-c2n[nH]c3c2N2CCC3CC2)ccc1OCc1ccc(Br)cc1. The van der Waals surface area contributed by atoms with Crippen LogP contribution in [-0.4, -0.2) is 30.4 Å². The fraction of sp³-hybridized carbons (Fsp3) is 0.318. The summed E-state index contributed by atoms with van der Waals surface area (Å²) < 4.78 is 12.7. The number of piperidine rings is 1. The summed E-state index contributed by atoms with van der Waals surface area (Å²) in [5, 5.41) is 7.94. The van der Waals surface area contributed by atoms with Gasteiger partial charge in [0.2, 0.25) is 0 Å². The van der Waals surface area contributed by atoms with Crippen molar-refractivity contribution in [3.05, 3.63) is 58.2 Å². The van der Waals surface area contributed by atoms with Gasteiger partial charge in [0.25, 0.3) is 0 Å². The number of aromatic amines is 1. The molecule has 1 aromatic heterocycles. The van der Waals surface area contributed by atoms with Gasteiger partial charge in [-0.15, -0.1) is 0 Å². The van der Waals surface area contributed by atoms with Gasteiger partial charge in [-0.1, -0.05) is 28.1 Å². The third-order valence-corrected chi connectivity index (χ3v) is 6.26. The van der Waals surface area contributed by atoms with E-state index < -0.39 is 0 Å². The highest BCUT2D eigenvalue weighted by atomic mass is 79.9. The van der Waals surface area contributed by atoms with Crippen molar-refractivity contribution in [2.45, 2.75) is 25.4 Å². The Hall–Kier alpha value is -2.47. The molecule has 0 atom stereocenters. The Morgan fingerprint density at radius 1 is 1.11 bits per heavy atom. The molecule has 28 heavy (non-hydrogen) atoms. The maximum Gasteiger partial charge on any atom is 0.161 e. The molecule has 1 saturated heterocycles. The fourth-order valence-electron chi connectivity index (χ4n) is 4.22. The summed E-state index contributed by atoms with van der Waals surface area (Å²) in [6.07, 6.45) is 2.45. The van der Waals surface area contributed by atoms with Crippen LogP contribution >= 0.6 is 15.9 Å². The van der Waals surface area contributed by atoms with Crippen LogP contribution in [-0.2, 0) is 6.61 Å². The first-order chi connectivity index (χ1) is 13.7. The molecule has 5 nitrogen and oxygen atoms in total. The Kier molecular flexibility index (Phi) is 4.51. The number of benzene rings is 2. The maximum absolute atomic E-state index is 6.01. The Morgan fingerprint density at radius 3 is 2.64 bits per heavy atom. The summed E-state index contributed by atoms with van der Waals surface area (Å²) in [7, 11) is 1.68. The first kappa shape index (κ1) is 17.6. The molecular weight excluding hydrogens is 418 g/mol. The van der Waals surface area contributed by atoms with E-state index in [1.54, 1.807) is 7.11 Å². The summed E-state index contributed by atoms with van der Waals surface area (Å²) in [5.41, 5.74) is 5.74. The van der Waals surface area contributed by atoms with Gasteiger partial charge >= 0.3 is 0 Å². The molecule has 2 bridgehead atoms. The minimum atomic E-state index is 0.496. The molecule has 3 aliphatic rings. The van der Waals surface area contributed by atoms with E-state index in [9.17, 15) is 0 Å². The van der Waals surface area contributed by atoms with E-state index in [-0.39, 0.29) is 0 Å². The van der Waals surface area contributed by atoms with E-state index in [1.165, 1.54) is 24.2 Å². The molecule has 4 heterocycles. The van der Waals surface area contributed by atoms with Crippen molar-refractivity contribution in [1.29, 1.82) is 0 Å². The van der Waals surface area contributed by atoms with Crippen LogP contribution in [0.1, 0.15) is 30.0 Å². The first-order valence-corrected chi connectivity index (χ1v) is 10.4. The predicted octanol–water partition coefficient (Wildman–Crippen LogP) is 5.12. The number of methoxy groups -OCH3 is 1. The van der Waals surface area contributed by atoms with E-state index in [4.69, 9.17) is 9.47 Å². The van der Waals surface area contributed by atoms with Gasteiger partial charge in [-0.05, 0) is 48.7 Å². The van der Waals surface area contributed by atoms with E-state index in [0.29, 0.717) is 12.5 Å². The van der Waals surface area contributed by atoms with Gasteiger partial charge in [-0.2, -0.15) is 5.10 Å². The fourth-order valence-corrected chi connectivity index (χ4v) is 4.49. The number of hydrogen-bond acceptors (Lipinski definition) is 4. The summed E-state index contributed by atoms with van der Waals surface area (Å²) in [6.45, 7) is 2.74. The van der Waals surface area contributed by atoms with Crippen molar-refractivity contribution >= 4 is 21.6 Å². The van der Waals surface area contributed by atoms with Crippen LogP contribution < -0.4 is 14.4 Å².